The van der Waals surface area contributed by atoms with Crippen LogP contribution < -0.4 is 4.90 Å². The topological polar surface area (TPSA) is 69.1 Å². The van der Waals surface area contributed by atoms with E-state index in [2.05, 4.69) is 65.0 Å². The molecule has 1 amide bonds. The van der Waals surface area contributed by atoms with E-state index in [9.17, 15) is 9.70 Å². The van der Waals surface area contributed by atoms with Crippen molar-refractivity contribution in [2.75, 3.05) is 31.1 Å². The molecule has 0 spiro atoms. The molecule has 30 heavy (non-hydrogen) atoms. The smallest absolute Gasteiger partial charge is 0.240 e. The molecule has 0 aliphatic carbocycles. The number of hydrogen-bond donors (Lipinski definition) is 0. The molecule has 0 unspecified atom stereocenters. The number of nitrogens with zero attached hydrogens (tertiary/aromatic N) is 5. The molecule has 7 nitrogen and oxygen atoms in total. The molecule has 3 heterocycles. The van der Waals surface area contributed by atoms with Crippen LogP contribution in [0.5, 0.6) is 0 Å². The van der Waals surface area contributed by atoms with Crippen molar-refractivity contribution in [1.82, 2.24) is 14.8 Å². The third-order valence-electron chi connectivity index (χ3n) is 6.27. The Morgan fingerprint density at radius 2 is 1.87 bits per heavy atom. The van der Waals surface area contributed by atoms with E-state index in [1.807, 2.05) is 11.0 Å². The molecule has 0 saturated carbocycles. The molecule has 0 radical (unpaired) electrons. The van der Waals surface area contributed by atoms with Gasteiger partial charge in [-0.25, -0.2) is 4.98 Å². The number of nitroso groups, excluding NO2 is 1. The highest BCUT2D eigenvalue weighted by Gasteiger charge is 2.44. The molecule has 4 rings (SSSR count). The van der Waals surface area contributed by atoms with Crippen LogP contribution in [0.15, 0.2) is 47.8 Å². The monoisotopic (exact) mass is 407 g/mol. The molecule has 2 fully saturated rings. The Morgan fingerprint density at radius 1 is 1.10 bits per heavy atom. The molecular weight excluding hydrogens is 378 g/mol. The lowest BCUT2D eigenvalue weighted by Gasteiger charge is -2.49. The molecule has 0 N–H and O–H groups in total. The Kier molecular flexibility index (Phi) is 5.56. The van der Waals surface area contributed by atoms with Crippen LogP contribution in [0.2, 0.25) is 0 Å². The summed E-state index contributed by atoms with van der Waals surface area (Å²) >= 11 is 0. The van der Waals surface area contributed by atoms with Crippen molar-refractivity contribution in [2.24, 2.45) is 5.18 Å². The summed E-state index contributed by atoms with van der Waals surface area (Å²) < 4.78 is 0. The second kappa shape index (κ2) is 8.14. The van der Waals surface area contributed by atoms with Crippen LogP contribution in [0.1, 0.15) is 31.4 Å². The number of piperazine rings is 1. The van der Waals surface area contributed by atoms with E-state index in [0.29, 0.717) is 12.2 Å². The van der Waals surface area contributed by atoms with E-state index in [1.165, 1.54) is 17.3 Å². The Hall–Kier alpha value is -2.80. The number of aromatic nitrogens is 1. The maximum Gasteiger partial charge on any atom is 0.240 e. The van der Waals surface area contributed by atoms with E-state index in [4.69, 9.17) is 0 Å². The zero-order valence-electron chi connectivity index (χ0n) is 17.9. The van der Waals surface area contributed by atoms with Crippen LogP contribution in [0.4, 0.5) is 11.5 Å². The number of benzene rings is 1. The molecule has 1 atom stereocenters. The number of likely N-dealkylation sites (tertiary alicyclic amines) is 1. The first-order valence-corrected chi connectivity index (χ1v) is 10.5. The number of carbonyl (C=O) groups is 1. The lowest BCUT2D eigenvalue weighted by molar-refractivity contribution is -0.134. The van der Waals surface area contributed by atoms with Crippen LogP contribution in [-0.2, 0) is 11.3 Å². The van der Waals surface area contributed by atoms with Crippen molar-refractivity contribution in [1.29, 1.82) is 0 Å². The number of carbonyl (C=O) groups excluding carboxylic acids is 1. The zero-order chi connectivity index (χ0) is 21.3. The van der Waals surface area contributed by atoms with Gasteiger partial charge in [-0.05, 0) is 50.1 Å². The van der Waals surface area contributed by atoms with E-state index in [0.717, 1.165) is 38.4 Å². The van der Waals surface area contributed by atoms with Crippen LogP contribution in [-0.4, -0.2) is 58.5 Å². The van der Waals surface area contributed by atoms with Gasteiger partial charge in [-0.15, -0.1) is 4.91 Å². The first kappa shape index (κ1) is 20.5. The van der Waals surface area contributed by atoms with Gasteiger partial charge >= 0.3 is 0 Å². The fourth-order valence-corrected chi connectivity index (χ4v) is 4.64. The predicted molar refractivity (Wildman–Crippen MR) is 118 cm³/mol. The normalized spacial score (nSPS) is 21.8. The minimum absolute atomic E-state index is 0.0674. The van der Waals surface area contributed by atoms with Crippen molar-refractivity contribution in [2.45, 2.75) is 45.3 Å². The summed E-state index contributed by atoms with van der Waals surface area (Å²) in [4.78, 5) is 34.8. The lowest BCUT2D eigenvalue weighted by Crippen LogP contribution is -2.63. The summed E-state index contributed by atoms with van der Waals surface area (Å²) in [5.74, 6) is 1.07. The molecule has 1 aromatic heterocycles. The molecular formula is C23H29N5O2. The third-order valence-corrected chi connectivity index (χ3v) is 6.27. The average molecular weight is 408 g/mol. The molecule has 2 saturated heterocycles. The maximum atomic E-state index is 13.2. The Bertz CT molecular complexity index is 910. The number of aryl methyl sites for hydroxylation is 1. The number of pyridine rings is 1. The second-order valence-corrected chi connectivity index (χ2v) is 8.94. The third kappa shape index (κ3) is 4.07. The SMILES string of the molecule is Cc1ccc(CN2CC[C@H](N3CCN(c4ccc(N=O)cn4)CC3(C)C)C2=O)cc1. The van der Waals surface area contributed by atoms with Gasteiger partial charge in [-0.2, -0.15) is 0 Å². The Labute approximate surface area is 177 Å². The maximum absolute atomic E-state index is 13.2. The van der Waals surface area contributed by atoms with Crippen LogP contribution in [0.3, 0.4) is 0 Å². The second-order valence-electron chi connectivity index (χ2n) is 8.94. The van der Waals surface area contributed by atoms with Gasteiger partial charge in [0, 0.05) is 38.3 Å². The van der Waals surface area contributed by atoms with Crippen molar-refractivity contribution in [3.63, 3.8) is 0 Å². The first-order chi connectivity index (χ1) is 14.4. The largest absolute Gasteiger partial charge is 0.353 e. The number of rotatable bonds is 5. The molecule has 2 aromatic rings. The van der Waals surface area contributed by atoms with Gasteiger partial charge in [0.1, 0.15) is 11.5 Å². The number of anilines is 1. The van der Waals surface area contributed by atoms with Crippen LogP contribution in [0.25, 0.3) is 0 Å². The van der Waals surface area contributed by atoms with Gasteiger partial charge in [0.05, 0.1) is 12.2 Å². The fourth-order valence-electron chi connectivity index (χ4n) is 4.64. The first-order valence-electron chi connectivity index (χ1n) is 10.5. The van der Waals surface area contributed by atoms with Gasteiger partial charge in [-0.3, -0.25) is 9.69 Å². The van der Waals surface area contributed by atoms with Crippen molar-refractivity contribution in [3.05, 3.63) is 58.6 Å². The summed E-state index contributed by atoms with van der Waals surface area (Å²) in [7, 11) is 0. The molecule has 2 aliphatic heterocycles. The quantitative estimate of drug-likeness (QED) is 0.710. The van der Waals surface area contributed by atoms with E-state index in [-0.39, 0.29) is 17.5 Å². The molecule has 7 heteroatoms. The number of hydrogen-bond acceptors (Lipinski definition) is 6. The summed E-state index contributed by atoms with van der Waals surface area (Å²) in [6.07, 6.45) is 2.37. The summed E-state index contributed by atoms with van der Waals surface area (Å²) in [5.41, 5.74) is 2.58. The van der Waals surface area contributed by atoms with Crippen LogP contribution in [0, 0.1) is 11.8 Å². The summed E-state index contributed by atoms with van der Waals surface area (Å²) in [5, 5.41) is 2.92. The summed E-state index contributed by atoms with van der Waals surface area (Å²) in [6, 6.07) is 11.9. The van der Waals surface area contributed by atoms with Crippen molar-refractivity contribution in [3.8, 4) is 0 Å². The summed E-state index contributed by atoms with van der Waals surface area (Å²) in [6.45, 7) is 10.3. The standard InChI is InChI=1S/C23H29N5O2/c1-17-4-6-18(7-5-17)15-26-11-10-20(22(26)29)28-13-12-27(16-23(28,2)3)21-9-8-19(25-30)14-24-21/h4-9,14,20H,10-13,15-16H2,1-3H3/t20-/m0/s1. The Balaban J connectivity index is 1.42. The van der Waals surface area contributed by atoms with E-state index in [1.54, 1.807) is 6.07 Å². The van der Waals surface area contributed by atoms with E-state index >= 15 is 0 Å². The lowest BCUT2D eigenvalue weighted by atomic mass is 9.95. The molecule has 2 aliphatic rings. The average Bonchev–Trinajstić information content (AvgIpc) is 3.09. The van der Waals surface area contributed by atoms with Crippen molar-refractivity contribution < 1.29 is 4.79 Å². The number of amides is 1. The van der Waals surface area contributed by atoms with Crippen LogP contribution >= 0.6 is 0 Å². The van der Waals surface area contributed by atoms with Gasteiger partial charge in [0.15, 0.2) is 0 Å². The minimum atomic E-state index is -0.165. The zero-order valence-corrected chi connectivity index (χ0v) is 17.9. The Morgan fingerprint density at radius 3 is 2.50 bits per heavy atom. The predicted octanol–water partition coefficient (Wildman–Crippen LogP) is 3.49. The van der Waals surface area contributed by atoms with Crippen molar-refractivity contribution >= 4 is 17.4 Å². The van der Waals surface area contributed by atoms with E-state index < -0.39 is 0 Å². The highest BCUT2D eigenvalue weighted by molar-refractivity contribution is 5.84. The highest BCUT2D eigenvalue weighted by atomic mass is 16.3. The van der Waals surface area contributed by atoms with Gasteiger partial charge in [0.25, 0.3) is 0 Å². The fraction of sp³-hybridized carbons (Fsp3) is 0.478. The highest BCUT2D eigenvalue weighted by Crippen LogP contribution is 2.31. The van der Waals surface area contributed by atoms with Gasteiger partial charge in [-0.1, -0.05) is 29.8 Å². The van der Waals surface area contributed by atoms with Gasteiger partial charge in [0.2, 0.25) is 5.91 Å². The molecule has 0 bridgehead atoms. The molecule has 158 valence electrons. The minimum Gasteiger partial charge on any atom is -0.353 e. The molecule has 1 aromatic carbocycles. The van der Waals surface area contributed by atoms with Gasteiger partial charge < -0.3 is 9.80 Å².